The van der Waals surface area contributed by atoms with Gasteiger partial charge < -0.3 is 0 Å². The smallest absolute Gasteiger partial charge is 0.0847 e. The summed E-state index contributed by atoms with van der Waals surface area (Å²) in [5.74, 6) is 0. The van der Waals surface area contributed by atoms with E-state index in [-0.39, 0.29) is 0 Å². The average molecular weight is 310 g/mol. The minimum absolute atomic E-state index is 0.336. The van der Waals surface area contributed by atoms with E-state index in [1.807, 2.05) is 12.1 Å². The van der Waals surface area contributed by atoms with Crippen molar-refractivity contribution in [3.8, 4) is 6.07 Å². The van der Waals surface area contributed by atoms with Crippen molar-refractivity contribution in [2.24, 2.45) is 5.41 Å². The van der Waals surface area contributed by atoms with Gasteiger partial charge in [-0.2, -0.15) is 5.26 Å². The molecular weight excluding hydrogens is 289 g/mol. The second kappa shape index (κ2) is 5.96. The molecule has 1 aliphatic rings. The molecule has 108 valence electrons. The highest BCUT2D eigenvalue weighted by Gasteiger charge is 2.55. The third-order valence-corrected chi connectivity index (χ3v) is 5.12. The zero-order chi connectivity index (χ0) is 14.8. The van der Waals surface area contributed by atoms with Crippen LogP contribution in [0.3, 0.4) is 0 Å². The van der Waals surface area contributed by atoms with Crippen molar-refractivity contribution in [3.05, 3.63) is 33.8 Å². The van der Waals surface area contributed by atoms with Gasteiger partial charge in [-0.15, -0.1) is 0 Å². The largest absolute Gasteiger partial charge is 0.197 e. The number of rotatable bonds is 5. The molecule has 0 heterocycles. The quantitative estimate of drug-likeness (QED) is 0.641. The number of benzene rings is 1. The van der Waals surface area contributed by atoms with Crippen LogP contribution >= 0.6 is 23.2 Å². The minimum Gasteiger partial charge on any atom is -0.197 e. The Morgan fingerprint density at radius 1 is 1.15 bits per heavy atom. The van der Waals surface area contributed by atoms with Crippen LogP contribution in [-0.2, 0) is 5.41 Å². The van der Waals surface area contributed by atoms with Crippen molar-refractivity contribution < 1.29 is 0 Å². The molecule has 0 N–H and O–H groups in total. The van der Waals surface area contributed by atoms with Crippen LogP contribution in [0.1, 0.15) is 57.9 Å². The summed E-state index contributed by atoms with van der Waals surface area (Å²) in [4.78, 5) is 0. The number of halogens is 2. The molecule has 0 spiro atoms. The zero-order valence-corrected chi connectivity index (χ0v) is 13.7. The van der Waals surface area contributed by atoms with E-state index < -0.39 is 5.41 Å². The highest BCUT2D eigenvalue weighted by atomic mass is 35.5. The Morgan fingerprint density at radius 2 is 1.75 bits per heavy atom. The predicted molar refractivity (Wildman–Crippen MR) is 85.2 cm³/mol. The molecule has 0 unspecified atom stereocenters. The molecule has 1 aliphatic carbocycles. The van der Waals surface area contributed by atoms with Crippen LogP contribution in [0.5, 0.6) is 0 Å². The van der Waals surface area contributed by atoms with Gasteiger partial charge in [0.15, 0.2) is 0 Å². The van der Waals surface area contributed by atoms with E-state index in [0.717, 1.165) is 18.4 Å². The molecule has 0 aromatic heterocycles. The van der Waals surface area contributed by atoms with Gasteiger partial charge in [0, 0.05) is 10.0 Å². The maximum absolute atomic E-state index is 9.71. The first-order chi connectivity index (χ1) is 9.51. The summed E-state index contributed by atoms with van der Waals surface area (Å²) >= 11 is 12.3. The average Bonchev–Trinajstić information content (AvgIpc) is 2.36. The van der Waals surface area contributed by atoms with Crippen LogP contribution in [0.15, 0.2) is 18.2 Å². The Morgan fingerprint density at radius 3 is 2.20 bits per heavy atom. The Labute approximate surface area is 131 Å². The van der Waals surface area contributed by atoms with Crippen LogP contribution in [0, 0.1) is 16.7 Å². The van der Waals surface area contributed by atoms with Gasteiger partial charge in [-0.3, -0.25) is 0 Å². The predicted octanol–water partition coefficient (Wildman–Crippen LogP) is 6.14. The van der Waals surface area contributed by atoms with E-state index >= 15 is 0 Å². The molecule has 0 atom stereocenters. The first-order valence-electron chi connectivity index (χ1n) is 7.38. The minimum atomic E-state index is -0.411. The SMILES string of the molecule is CCCC1(CCC)CC(C#N)(c2ccc(Cl)cc2Cl)C1. The molecule has 1 aromatic rings. The molecule has 3 heteroatoms. The lowest BCUT2D eigenvalue weighted by atomic mass is 9.48. The lowest BCUT2D eigenvalue weighted by Gasteiger charge is -2.54. The van der Waals surface area contributed by atoms with E-state index in [2.05, 4.69) is 19.9 Å². The molecule has 1 aromatic carbocycles. The fourth-order valence-corrected chi connectivity index (χ4v) is 4.56. The number of hydrogen-bond acceptors (Lipinski definition) is 1. The summed E-state index contributed by atoms with van der Waals surface area (Å²) in [7, 11) is 0. The molecular formula is C17H21Cl2N. The van der Waals surface area contributed by atoms with Crippen LogP contribution in [0.25, 0.3) is 0 Å². The maximum Gasteiger partial charge on any atom is 0.0847 e. The highest BCUT2D eigenvalue weighted by molar-refractivity contribution is 6.35. The van der Waals surface area contributed by atoms with E-state index in [1.165, 1.54) is 25.7 Å². The first kappa shape index (κ1) is 15.7. The summed E-state index contributed by atoms with van der Waals surface area (Å²) in [5.41, 5.74) is 0.877. The van der Waals surface area contributed by atoms with Gasteiger partial charge in [0.25, 0.3) is 0 Å². The highest BCUT2D eigenvalue weighted by Crippen LogP contribution is 2.60. The van der Waals surface area contributed by atoms with E-state index in [1.54, 1.807) is 6.07 Å². The molecule has 1 saturated carbocycles. The van der Waals surface area contributed by atoms with Crippen molar-refractivity contribution in [1.82, 2.24) is 0 Å². The number of hydrogen-bond donors (Lipinski definition) is 0. The molecule has 2 rings (SSSR count). The molecule has 1 nitrogen and oxygen atoms in total. The first-order valence-corrected chi connectivity index (χ1v) is 8.13. The third kappa shape index (κ3) is 2.69. The summed E-state index contributed by atoms with van der Waals surface area (Å²) in [5, 5.41) is 11.0. The summed E-state index contributed by atoms with van der Waals surface area (Å²) in [6.45, 7) is 4.44. The molecule has 0 radical (unpaired) electrons. The molecule has 0 amide bonds. The zero-order valence-electron chi connectivity index (χ0n) is 12.2. The molecule has 0 bridgehead atoms. The fraction of sp³-hybridized carbons (Fsp3) is 0.588. The van der Waals surface area contributed by atoms with Gasteiger partial charge in [0.2, 0.25) is 0 Å². The van der Waals surface area contributed by atoms with E-state index in [0.29, 0.717) is 15.5 Å². The topological polar surface area (TPSA) is 23.8 Å². The Kier molecular flexibility index (Phi) is 4.67. The standard InChI is InChI=1S/C17H21Cl2N/c1-3-7-16(8-4-2)10-17(11-16,12-20)14-6-5-13(18)9-15(14)19/h5-6,9H,3-4,7-8,10-11H2,1-2H3. The monoisotopic (exact) mass is 309 g/mol. The van der Waals surface area contributed by atoms with E-state index in [9.17, 15) is 5.26 Å². The second-order valence-corrected chi connectivity index (χ2v) is 7.02. The second-order valence-electron chi connectivity index (χ2n) is 6.17. The van der Waals surface area contributed by atoms with Crippen molar-refractivity contribution in [1.29, 1.82) is 5.26 Å². The van der Waals surface area contributed by atoms with Gasteiger partial charge in [-0.05, 0) is 48.8 Å². The Hall–Kier alpha value is -0.710. The normalized spacial score (nSPS) is 19.1. The van der Waals surface area contributed by atoms with Crippen LogP contribution in [0.2, 0.25) is 10.0 Å². The van der Waals surface area contributed by atoms with Gasteiger partial charge in [0.1, 0.15) is 0 Å². The van der Waals surface area contributed by atoms with Gasteiger partial charge in [-0.25, -0.2) is 0 Å². The van der Waals surface area contributed by atoms with Crippen molar-refractivity contribution in [2.45, 2.75) is 57.8 Å². The van der Waals surface area contributed by atoms with Crippen molar-refractivity contribution in [3.63, 3.8) is 0 Å². The Bertz CT molecular complexity index is 516. The lowest BCUT2D eigenvalue weighted by Crippen LogP contribution is -2.49. The van der Waals surface area contributed by atoms with E-state index in [4.69, 9.17) is 23.2 Å². The van der Waals surface area contributed by atoms with Gasteiger partial charge in [0.05, 0.1) is 11.5 Å². The third-order valence-electron chi connectivity index (χ3n) is 4.57. The molecule has 20 heavy (non-hydrogen) atoms. The van der Waals surface area contributed by atoms with Crippen LogP contribution in [-0.4, -0.2) is 0 Å². The van der Waals surface area contributed by atoms with Gasteiger partial charge in [-0.1, -0.05) is 56.0 Å². The Balaban J connectivity index is 2.28. The maximum atomic E-state index is 9.71. The fourth-order valence-electron chi connectivity index (χ4n) is 3.98. The summed E-state index contributed by atoms with van der Waals surface area (Å²) in [6, 6.07) is 8.04. The molecule has 1 fully saturated rings. The van der Waals surface area contributed by atoms with Crippen molar-refractivity contribution in [2.75, 3.05) is 0 Å². The van der Waals surface area contributed by atoms with Crippen LogP contribution < -0.4 is 0 Å². The lowest BCUT2D eigenvalue weighted by molar-refractivity contribution is 0.0358. The van der Waals surface area contributed by atoms with Crippen LogP contribution in [0.4, 0.5) is 0 Å². The number of nitriles is 1. The summed E-state index contributed by atoms with van der Waals surface area (Å²) in [6.07, 6.45) is 6.62. The number of nitrogens with zero attached hydrogens (tertiary/aromatic N) is 1. The van der Waals surface area contributed by atoms with Crippen molar-refractivity contribution >= 4 is 23.2 Å². The molecule has 0 saturated heterocycles. The van der Waals surface area contributed by atoms with Gasteiger partial charge >= 0.3 is 0 Å². The summed E-state index contributed by atoms with van der Waals surface area (Å²) < 4.78 is 0. The molecule has 0 aliphatic heterocycles.